The van der Waals surface area contributed by atoms with Gasteiger partial charge in [0.15, 0.2) is 0 Å². The van der Waals surface area contributed by atoms with Gasteiger partial charge in [-0.05, 0) is 41.7 Å². The standard InChI is InChI=1S/C26H26BF3N5O3/c28-26(29,30)21-14-32-25(34-22(21)10-7-17-3-1-2-4-19(17)13-24(31)37)33-20-8-5-18(6-9-20)23-15-35(27-16-36)11-12-38-23/h1-6,8-9,14,16,23H,7,10-13,15H2,(H2,31,37)(H,32,33,34). The molecule has 1 radical (unpaired) electrons. The van der Waals surface area contributed by atoms with Crippen LogP contribution >= 0.6 is 0 Å². The molecule has 197 valence electrons. The first-order valence-electron chi connectivity index (χ1n) is 12.0. The predicted molar refractivity (Wildman–Crippen MR) is 136 cm³/mol. The summed E-state index contributed by atoms with van der Waals surface area (Å²) >= 11 is 0. The molecular weight excluding hydrogens is 498 g/mol. The number of ether oxygens (including phenoxy) is 1. The van der Waals surface area contributed by atoms with Gasteiger partial charge in [0.05, 0.1) is 36.6 Å². The number of rotatable bonds is 10. The maximum atomic E-state index is 13.7. The molecule has 3 N–H and O–H groups in total. The van der Waals surface area contributed by atoms with Gasteiger partial charge in [-0.25, -0.2) is 9.97 Å². The highest BCUT2D eigenvalue weighted by atomic mass is 19.4. The number of anilines is 2. The lowest BCUT2D eigenvalue weighted by atomic mass is 9.92. The van der Waals surface area contributed by atoms with Crippen molar-refractivity contribution >= 4 is 31.1 Å². The number of carbonyl (C=O) groups excluding carboxylic acids is 2. The zero-order valence-corrected chi connectivity index (χ0v) is 20.4. The van der Waals surface area contributed by atoms with Gasteiger partial charge in [0.25, 0.3) is 7.41 Å². The van der Waals surface area contributed by atoms with Crippen LogP contribution in [0.25, 0.3) is 0 Å². The van der Waals surface area contributed by atoms with Crippen LogP contribution in [-0.4, -0.2) is 54.0 Å². The average molecular weight is 524 g/mol. The van der Waals surface area contributed by atoms with E-state index in [0.717, 1.165) is 23.5 Å². The first-order chi connectivity index (χ1) is 18.2. The van der Waals surface area contributed by atoms with E-state index in [1.807, 2.05) is 16.9 Å². The van der Waals surface area contributed by atoms with Crippen LogP contribution in [0.1, 0.15) is 34.1 Å². The summed E-state index contributed by atoms with van der Waals surface area (Å²) in [6, 6.07) is 14.2. The van der Waals surface area contributed by atoms with E-state index in [2.05, 4.69) is 15.3 Å². The van der Waals surface area contributed by atoms with Crippen LogP contribution in [0.4, 0.5) is 24.8 Å². The number of nitrogens with two attached hydrogens (primary N) is 1. The second-order valence-electron chi connectivity index (χ2n) is 8.85. The molecule has 0 saturated carbocycles. The van der Waals surface area contributed by atoms with Crippen LogP contribution in [-0.2, 0) is 39.8 Å². The molecule has 1 aliphatic heterocycles. The molecule has 3 aromatic rings. The van der Waals surface area contributed by atoms with Crippen molar-refractivity contribution in [3.05, 3.63) is 82.7 Å². The van der Waals surface area contributed by atoms with E-state index in [-0.39, 0.29) is 37.0 Å². The molecule has 0 aliphatic carbocycles. The third-order valence-corrected chi connectivity index (χ3v) is 6.20. The van der Waals surface area contributed by atoms with E-state index >= 15 is 0 Å². The van der Waals surface area contributed by atoms with Gasteiger partial charge in [-0.15, -0.1) is 0 Å². The normalized spacial score (nSPS) is 16.1. The Labute approximate surface area is 218 Å². The Morgan fingerprint density at radius 1 is 1.16 bits per heavy atom. The Morgan fingerprint density at radius 3 is 2.58 bits per heavy atom. The summed E-state index contributed by atoms with van der Waals surface area (Å²) in [6.45, 7) is 1.67. The number of benzene rings is 2. The number of amides is 1. The molecule has 2 heterocycles. The first kappa shape index (κ1) is 27.3. The van der Waals surface area contributed by atoms with Crippen LogP contribution in [0.5, 0.6) is 0 Å². The van der Waals surface area contributed by atoms with Gasteiger partial charge in [0, 0.05) is 25.0 Å². The molecule has 1 saturated heterocycles. The Hall–Kier alpha value is -3.77. The molecule has 0 bridgehead atoms. The fourth-order valence-electron chi connectivity index (χ4n) is 4.32. The van der Waals surface area contributed by atoms with Crippen LogP contribution in [0.15, 0.2) is 54.7 Å². The topological polar surface area (TPSA) is 110 Å². The summed E-state index contributed by atoms with van der Waals surface area (Å²) in [6.07, 6.45) is -3.05. The molecule has 1 aromatic heterocycles. The molecule has 1 unspecified atom stereocenters. The lowest BCUT2D eigenvalue weighted by molar-refractivity contribution is -0.138. The molecule has 1 atom stereocenters. The number of carbonyl (C=O) groups is 2. The quantitative estimate of drug-likeness (QED) is 0.310. The van der Waals surface area contributed by atoms with E-state index in [9.17, 15) is 22.8 Å². The third-order valence-electron chi connectivity index (χ3n) is 6.20. The molecule has 1 aliphatic rings. The van der Waals surface area contributed by atoms with Crippen molar-refractivity contribution in [2.75, 3.05) is 25.0 Å². The Bertz CT molecular complexity index is 1270. The van der Waals surface area contributed by atoms with Crippen LogP contribution in [0, 0.1) is 0 Å². The van der Waals surface area contributed by atoms with Crippen molar-refractivity contribution in [1.82, 2.24) is 14.8 Å². The summed E-state index contributed by atoms with van der Waals surface area (Å²) < 4.78 is 46.8. The summed E-state index contributed by atoms with van der Waals surface area (Å²) in [5, 5.41) is 2.96. The minimum atomic E-state index is -4.61. The highest BCUT2D eigenvalue weighted by molar-refractivity contribution is 6.64. The Balaban J connectivity index is 1.49. The molecule has 8 nitrogen and oxygen atoms in total. The molecule has 2 aromatic carbocycles. The fraction of sp³-hybridized carbons (Fsp3) is 0.308. The van der Waals surface area contributed by atoms with Gasteiger partial charge in [0.2, 0.25) is 11.9 Å². The number of morpholine rings is 1. The zero-order chi connectivity index (χ0) is 27.1. The van der Waals surface area contributed by atoms with E-state index in [1.165, 1.54) is 7.41 Å². The highest BCUT2D eigenvalue weighted by Gasteiger charge is 2.35. The number of nitrogens with one attached hydrogen (secondary N) is 1. The van der Waals surface area contributed by atoms with Gasteiger partial charge >= 0.3 is 6.18 Å². The summed E-state index contributed by atoms with van der Waals surface area (Å²) in [5.41, 5.74) is 7.16. The van der Waals surface area contributed by atoms with Crippen molar-refractivity contribution < 1.29 is 27.5 Å². The number of nitrogens with zero attached hydrogens (tertiary/aromatic N) is 3. The molecular formula is C26H26BF3N5O3. The number of hydrogen-bond donors (Lipinski definition) is 2. The maximum absolute atomic E-state index is 13.7. The van der Waals surface area contributed by atoms with E-state index in [1.54, 1.807) is 36.4 Å². The van der Waals surface area contributed by atoms with Crippen LogP contribution in [0.3, 0.4) is 0 Å². The third kappa shape index (κ3) is 7.17. The van der Waals surface area contributed by atoms with Crippen LogP contribution in [0.2, 0.25) is 0 Å². The second kappa shape index (κ2) is 12.2. The van der Waals surface area contributed by atoms with Gasteiger partial charge in [-0.2, -0.15) is 13.2 Å². The number of aromatic nitrogens is 2. The van der Waals surface area contributed by atoms with Crippen LogP contribution < -0.4 is 11.1 Å². The van der Waals surface area contributed by atoms with E-state index < -0.39 is 17.6 Å². The number of hydrogen-bond acceptors (Lipinski definition) is 7. The smallest absolute Gasteiger partial charge is 0.371 e. The van der Waals surface area contributed by atoms with E-state index in [0.29, 0.717) is 30.9 Å². The molecule has 38 heavy (non-hydrogen) atoms. The minimum absolute atomic E-state index is 0.00587. The number of halogens is 3. The van der Waals surface area contributed by atoms with E-state index in [4.69, 9.17) is 10.5 Å². The lowest BCUT2D eigenvalue weighted by Gasteiger charge is -2.31. The van der Waals surface area contributed by atoms with Crippen molar-refractivity contribution in [2.24, 2.45) is 5.73 Å². The predicted octanol–water partition coefficient (Wildman–Crippen LogP) is 3.23. The molecule has 1 fully saturated rings. The SMILES string of the molecule is NC(=O)Cc1ccccc1CCc1nc(Nc2ccc(C3CN([B]C=O)CCO3)cc2)ncc1C(F)(F)F. The summed E-state index contributed by atoms with van der Waals surface area (Å²) in [4.78, 5) is 32.1. The minimum Gasteiger partial charge on any atom is -0.371 e. The Kier molecular flexibility index (Phi) is 8.75. The van der Waals surface area contributed by atoms with Gasteiger partial charge in [-0.1, -0.05) is 36.4 Å². The van der Waals surface area contributed by atoms with Crippen molar-refractivity contribution in [3.63, 3.8) is 0 Å². The zero-order valence-electron chi connectivity index (χ0n) is 20.4. The van der Waals surface area contributed by atoms with Crippen molar-refractivity contribution in [1.29, 1.82) is 0 Å². The largest absolute Gasteiger partial charge is 0.419 e. The fourth-order valence-corrected chi connectivity index (χ4v) is 4.32. The molecule has 1 amide bonds. The second-order valence-corrected chi connectivity index (χ2v) is 8.85. The highest BCUT2D eigenvalue weighted by Crippen LogP contribution is 2.32. The lowest BCUT2D eigenvalue weighted by Crippen LogP contribution is -2.41. The first-order valence-corrected chi connectivity index (χ1v) is 12.0. The van der Waals surface area contributed by atoms with Crippen molar-refractivity contribution in [2.45, 2.75) is 31.5 Å². The molecule has 12 heteroatoms. The monoisotopic (exact) mass is 524 g/mol. The maximum Gasteiger partial charge on any atom is 0.419 e. The Morgan fingerprint density at radius 2 is 1.89 bits per heavy atom. The van der Waals surface area contributed by atoms with Gasteiger partial charge in [0.1, 0.15) is 0 Å². The number of alkyl halides is 3. The van der Waals surface area contributed by atoms with Gasteiger partial charge < -0.3 is 25.4 Å². The average Bonchev–Trinajstić information content (AvgIpc) is 2.88. The molecule has 4 rings (SSSR count). The van der Waals surface area contributed by atoms with Crippen molar-refractivity contribution in [3.8, 4) is 0 Å². The summed E-state index contributed by atoms with van der Waals surface area (Å²) in [7, 11) is 1.49. The number of aryl methyl sites for hydroxylation is 2. The van der Waals surface area contributed by atoms with Gasteiger partial charge in [-0.3, -0.25) is 4.79 Å². The number of primary amides is 1. The molecule has 0 spiro atoms. The summed E-state index contributed by atoms with van der Waals surface area (Å²) in [5.74, 6) is -0.480.